The van der Waals surface area contributed by atoms with Crippen LogP contribution in [0, 0.1) is 6.42 Å². The Hall–Kier alpha value is -0.790. The molecule has 2 atom stereocenters. The molecule has 50 valence electrons. The topological polar surface area (TPSA) is 28.7 Å². The average Bonchev–Trinajstić information content (AvgIpc) is 2.60. The van der Waals surface area contributed by atoms with Crippen molar-refractivity contribution in [3.05, 3.63) is 24.1 Å². The molecule has 0 amide bonds. The van der Waals surface area contributed by atoms with Gasteiger partial charge >= 0.3 is 0 Å². The number of H-pyrrole nitrogens is 1. The van der Waals surface area contributed by atoms with Crippen molar-refractivity contribution in [3.8, 4) is 0 Å². The van der Waals surface area contributed by atoms with Crippen molar-refractivity contribution in [1.29, 1.82) is 0 Å². The zero-order valence-corrected chi connectivity index (χ0v) is 5.59. The molecule has 1 aromatic heterocycles. The summed E-state index contributed by atoms with van der Waals surface area (Å²) in [5, 5.41) is 0. The van der Waals surface area contributed by atoms with Gasteiger partial charge in [-0.2, -0.15) is 0 Å². The second-order valence-corrected chi connectivity index (χ2v) is 3.05. The second-order valence-electron chi connectivity index (χ2n) is 3.05. The van der Waals surface area contributed by atoms with E-state index in [2.05, 4.69) is 16.4 Å². The fourth-order valence-electron chi connectivity index (χ4n) is 2.06. The quantitative estimate of drug-likeness (QED) is 0.569. The Labute approximate surface area is 59.7 Å². The Morgan fingerprint density at radius 3 is 3.30 bits per heavy atom. The molecule has 0 spiro atoms. The van der Waals surface area contributed by atoms with Gasteiger partial charge < -0.3 is 4.98 Å². The van der Waals surface area contributed by atoms with Gasteiger partial charge in [-0.25, -0.2) is 4.98 Å². The molecular weight excluding hydrogens is 124 g/mol. The maximum absolute atomic E-state index is 4.26. The molecule has 1 fully saturated rings. The van der Waals surface area contributed by atoms with Crippen LogP contribution in [0.4, 0.5) is 0 Å². The van der Waals surface area contributed by atoms with Crippen LogP contribution in [0.3, 0.4) is 0 Å². The number of rotatable bonds is 0. The van der Waals surface area contributed by atoms with Crippen LogP contribution in [0.25, 0.3) is 0 Å². The lowest BCUT2D eigenvalue weighted by Crippen LogP contribution is -1.95. The summed E-state index contributed by atoms with van der Waals surface area (Å²) in [6.45, 7) is 0. The highest BCUT2D eigenvalue weighted by atomic mass is 14.9. The molecule has 1 saturated carbocycles. The van der Waals surface area contributed by atoms with E-state index in [1.54, 1.807) is 6.33 Å². The summed E-state index contributed by atoms with van der Waals surface area (Å²) in [5.74, 6) is 1.15. The van der Waals surface area contributed by atoms with Crippen molar-refractivity contribution in [2.24, 2.45) is 0 Å². The predicted octanol–water partition coefficient (Wildman–Crippen LogP) is 1.47. The van der Waals surface area contributed by atoms with Gasteiger partial charge in [-0.1, -0.05) is 0 Å². The number of aromatic nitrogens is 2. The Kier molecular flexibility index (Phi) is 0.712. The van der Waals surface area contributed by atoms with E-state index in [1.807, 2.05) is 0 Å². The third-order valence-corrected chi connectivity index (χ3v) is 2.52. The molecule has 0 unspecified atom stereocenters. The number of aromatic amines is 1. The second kappa shape index (κ2) is 1.44. The normalized spacial score (nSPS) is 34.8. The largest absolute Gasteiger partial charge is 0.348 e. The lowest BCUT2D eigenvalue weighted by molar-refractivity contribution is 0.698. The van der Waals surface area contributed by atoms with Gasteiger partial charge in [0.15, 0.2) is 0 Å². The van der Waals surface area contributed by atoms with Gasteiger partial charge in [0.1, 0.15) is 0 Å². The van der Waals surface area contributed by atoms with Crippen LogP contribution in [0.1, 0.15) is 36.1 Å². The Balaban J connectivity index is 2.25. The molecule has 3 rings (SSSR count). The lowest BCUT2D eigenvalue weighted by atomic mass is 10.0. The first-order chi connectivity index (χ1) is 4.95. The zero-order valence-electron chi connectivity index (χ0n) is 5.59. The zero-order chi connectivity index (χ0) is 6.55. The monoisotopic (exact) mass is 132 g/mol. The summed E-state index contributed by atoms with van der Waals surface area (Å²) in [6, 6.07) is 0. The highest BCUT2D eigenvalue weighted by Gasteiger charge is 2.39. The SMILES string of the molecule is [C]1[C@@H]2CC[C@H]1c1nc[nH]c12. The summed E-state index contributed by atoms with van der Waals surface area (Å²) in [4.78, 5) is 7.44. The fraction of sp³-hybridized carbons (Fsp3) is 0.500. The number of fused-ring (bicyclic) bond motifs is 5. The Bertz CT molecular complexity index is 239. The minimum absolute atomic E-state index is 0.561. The number of hydrogen-bond acceptors (Lipinski definition) is 1. The third-order valence-electron chi connectivity index (χ3n) is 2.52. The van der Waals surface area contributed by atoms with Crippen molar-refractivity contribution >= 4 is 0 Å². The molecule has 0 saturated heterocycles. The number of imidazole rings is 1. The van der Waals surface area contributed by atoms with Gasteiger partial charge in [0.25, 0.3) is 0 Å². The van der Waals surface area contributed by atoms with E-state index < -0.39 is 0 Å². The molecule has 1 aromatic rings. The Morgan fingerprint density at radius 1 is 1.50 bits per heavy atom. The highest BCUT2D eigenvalue weighted by Crippen LogP contribution is 2.50. The van der Waals surface area contributed by atoms with Crippen LogP contribution in [-0.4, -0.2) is 9.97 Å². The highest BCUT2D eigenvalue weighted by molar-refractivity contribution is 5.37. The molecule has 2 aliphatic carbocycles. The van der Waals surface area contributed by atoms with Crippen LogP contribution in [0.2, 0.25) is 0 Å². The standard InChI is InChI=1S/C8H8N2/c1-2-6-3-5(1)7-8(6)10-4-9-7/h4-6H,1-2H2,(H,9,10)/t5-,6+. The van der Waals surface area contributed by atoms with Gasteiger partial charge in [-0.05, 0) is 12.8 Å². The van der Waals surface area contributed by atoms with Gasteiger partial charge in [0.05, 0.1) is 12.0 Å². The maximum Gasteiger partial charge on any atom is 0.0925 e. The van der Waals surface area contributed by atoms with E-state index >= 15 is 0 Å². The Morgan fingerprint density at radius 2 is 2.40 bits per heavy atom. The molecule has 2 bridgehead atoms. The van der Waals surface area contributed by atoms with Crippen molar-refractivity contribution in [1.82, 2.24) is 9.97 Å². The van der Waals surface area contributed by atoms with Crippen molar-refractivity contribution in [3.63, 3.8) is 0 Å². The number of hydrogen-bond donors (Lipinski definition) is 1. The summed E-state index contributed by atoms with van der Waals surface area (Å²) in [5.41, 5.74) is 2.59. The molecule has 2 aliphatic rings. The third kappa shape index (κ3) is 0.405. The molecular formula is C8H8N2. The summed E-state index contributed by atoms with van der Waals surface area (Å²) in [7, 11) is 0. The summed E-state index contributed by atoms with van der Waals surface area (Å²) < 4.78 is 0. The van der Waals surface area contributed by atoms with E-state index in [1.165, 1.54) is 24.2 Å². The van der Waals surface area contributed by atoms with Crippen molar-refractivity contribution < 1.29 is 0 Å². The molecule has 2 nitrogen and oxygen atoms in total. The average molecular weight is 132 g/mol. The molecule has 0 aromatic carbocycles. The maximum atomic E-state index is 4.26. The molecule has 2 heteroatoms. The van der Waals surface area contributed by atoms with E-state index in [-0.39, 0.29) is 0 Å². The van der Waals surface area contributed by atoms with Crippen LogP contribution in [-0.2, 0) is 0 Å². The van der Waals surface area contributed by atoms with E-state index in [0.29, 0.717) is 11.8 Å². The van der Waals surface area contributed by atoms with Crippen LogP contribution in [0.5, 0.6) is 0 Å². The molecule has 1 heterocycles. The molecule has 2 radical (unpaired) electrons. The van der Waals surface area contributed by atoms with Crippen LogP contribution < -0.4 is 0 Å². The van der Waals surface area contributed by atoms with Crippen LogP contribution in [0.15, 0.2) is 6.33 Å². The minimum atomic E-state index is 0.561. The first kappa shape index (κ1) is 4.94. The van der Waals surface area contributed by atoms with Gasteiger partial charge in [-0.15, -0.1) is 0 Å². The van der Waals surface area contributed by atoms with Gasteiger partial charge in [0, 0.05) is 24.0 Å². The first-order valence-corrected chi connectivity index (χ1v) is 3.74. The van der Waals surface area contributed by atoms with Gasteiger partial charge in [-0.3, -0.25) is 0 Å². The van der Waals surface area contributed by atoms with Crippen molar-refractivity contribution in [2.75, 3.05) is 0 Å². The molecule has 1 N–H and O–H groups in total. The fourth-order valence-corrected chi connectivity index (χ4v) is 2.06. The van der Waals surface area contributed by atoms with Crippen LogP contribution >= 0.6 is 0 Å². The lowest BCUT2D eigenvalue weighted by Gasteiger charge is -2.06. The van der Waals surface area contributed by atoms with E-state index in [4.69, 9.17) is 0 Å². The van der Waals surface area contributed by atoms with E-state index in [0.717, 1.165) is 0 Å². The first-order valence-electron chi connectivity index (χ1n) is 3.74. The number of nitrogens with zero attached hydrogens (tertiary/aromatic N) is 1. The number of nitrogens with one attached hydrogen (secondary N) is 1. The smallest absolute Gasteiger partial charge is 0.0925 e. The summed E-state index contributed by atoms with van der Waals surface area (Å²) >= 11 is 0. The predicted molar refractivity (Wildman–Crippen MR) is 36.5 cm³/mol. The summed E-state index contributed by atoms with van der Waals surface area (Å²) in [6.07, 6.45) is 7.83. The van der Waals surface area contributed by atoms with E-state index in [9.17, 15) is 0 Å². The van der Waals surface area contributed by atoms with Crippen molar-refractivity contribution in [2.45, 2.75) is 24.7 Å². The minimum Gasteiger partial charge on any atom is -0.348 e. The molecule has 0 aliphatic heterocycles. The van der Waals surface area contributed by atoms with Gasteiger partial charge in [0.2, 0.25) is 0 Å². The molecule has 10 heavy (non-hydrogen) atoms.